The highest BCUT2D eigenvalue weighted by Gasteiger charge is 2.19. The Morgan fingerprint density at radius 3 is 1.42 bits per heavy atom. The van der Waals surface area contributed by atoms with Gasteiger partial charge in [-0.1, -0.05) is 152 Å². The van der Waals surface area contributed by atoms with Crippen LogP contribution in [0, 0.1) is 0 Å². The van der Waals surface area contributed by atoms with Crippen molar-refractivity contribution in [1.29, 1.82) is 0 Å². The summed E-state index contributed by atoms with van der Waals surface area (Å²) >= 11 is 0. The molecule has 0 saturated heterocycles. The van der Waals surface area contributed by atoms with Crippen molar-refractivity contribution in [3.63, 3.8) is 0 Å². The Balaban J connectivity index is 1.29. The summed E-state index contributed by atoms with van der Waals surface area (Å²) in [4.78, 5) is 0. The highest BCUT2D eigenvalue weighted by molar-refractivity contribution is 6.22. The van der Waals surface area contributed by atoms with Crippen LogP contribution in [0.4, 0.5) is 0 Å². The number of hydrogen-bond acceptors (Lipinski definition) is 1. The van der Waals surface area contributed by atoms with Gasteiger partial charge in [-0.15, -0.1) is 0 Å². The van der Waals surface area contributed by atoms with Crippen LogP contribution in [0.15, 0.2) is 174 Å². The molecule has 0 unspecified atom stereocenters. The van der Waals surface area contributed by atoms with E-state index in [1.54, 1.807) is 0 Å². The van der Waals surface area contributed by atoms with Crippen LogP contribution < -0.4 is 0 Å². The summed E-state index contributed by atoms with van der Waals surface area (Å²) in [5.41, 5.74) is 11.4. The number of benzene rings is 8. The van der Waals surface area contributed by atoms with Gasteiger partial charge in [0.2, 0.25) is 0 Å². The zero-order chi connectivity index (χ0) is 29.7. The van der Waals surface area contributed by atoms with E-state index in [0.29, 0.717) is 0 Å². The summed E-state index contributed by atoms with van der Waals surface area (Å²) in [7, 11) is 0. The van der Waals surface area contributed by atoms with Gasteiger partial charge in [-0.3, -0.25) is 0 Å². The third kappa shape index (κ3) is 4.17. The first-order valence-electron chi connectivity index (χ1n) is 15.4. The molecule has 0 atom stereocenters. The third-order valence-corrected chi connectivity index (χ3v) is 9.06. The minimum atomic E-state index is 0.902. The Labute approximate surface area is 261 Å². The predicted octanol–water partition coefficient (Wildman–Crippen LogP) is 12.6. The van der Waals surface area contributed by atoms with E-state index in [1.807, 2.05) is 0 Å². The molecule has 8 aromatic carbocycles. The predicted molar refractivity (Wildman–Crippen MR) is 190 cm³/mol. The first-order valence-corrected chi connectivity index (χ1v) is 15.4. The molecule has 0 N–H and O–H groups in total. The van der Waals surface area contributed by atoms with Crippen molar-refractivity contribution in [2.75, 3.05) is 0 Å². The van der Waals surface area contributed by atoms with E-state index in [2.05, 4.69) is 170 Å². The van der Waals surface area contributed by atoms with Crippen molar-refractivity contribution >= 4 is 43.5 Å². The quantitative estimate of drug-likeness (QED) is 0.191. The molecule has 0 spiro atoms. The molecule has 0 fully saturated rings. The molecule has 1 aromatic heterocycles. The third-order valence-electron chi connectivity index (χ3n) is 9.06. The first kappa shape index (κ1) is 25.6. The lowest BCUT2D eigenvalue weighted by Crippen LogP contribution is -1.91. The maximum atomic E-state index is 6.67. The lowest BCUT2D eigenvalue weighted by Gasteiger charge is -2.18. The van der Waals surface area contributed by atoms with Gasteiger partial charge in [0.1, 0.15) is 11.2 Å². The molecule has 0 aliphatic heterocycles. The van der Waals surface area contributed by atoms with Gasteiger partial charge in [-0.2, -0.15) is 0 Å². The summed E-state index contributed by atoms with van der Waals surface area (Å²) in [6.45, 7) is 0. The van der Waals surface area contributed by atoms with Crippen LogP contribution in [-0.2, 0) is 0 Å². The second-order valence-electron chi connectivity index (χ2n) is 11.6. The lowest BCUT2D eigenvalue weighted by atomic mass is 9.85. The molecule has 45 heavy (non-hydrogen) atoms. The van der Waals surface area contributed by atoms with Crippen LogP contribution >= 0.6 is 0 Å². The van der Waals surface area contributed by atoms with Crippen molar-refractivity contribution in [3.05, 3.63) is 170 Å². The Kier molecular flexibility index (Phi) is 5.89. The monoisotopic (exact) mass is 572 g/mol. The summed E-state index contributed by atoms with van der Waals surface area (Å²) in [6, 6.07) is 60.9. The molecule has 0 saturated carbocycles. The summed E-state index contributed by atoms with van der Waals surface area (Å²) in [6.07, 6.45) is 0. The SMILES string of the molecule is c1ccc(-c2cccc(-c3c4ccccc4c(-c4ccc5c(c4)oc4c(-c6ccccc6)cccc45)c4ccccc34)c2)cc1. The van der Waals surface area contributed by atoms with Gasteiger partial charge in [-0.25, -0.2) is 0 Å². The van der Waals surface area contributed by atoms with Crippen LogP contribution in [0.3, 0.4) is 0 Å². The number of hydrogen-bond donors (Lipinski definition) is 0. The smallest absolute Gasteiger partial charge is 0.143 e. The Morgan fingerprint density at radius 2 is 0.778 bits per heavy atom. The fourth-order valence-electron chi connectivity index (χ4n) is 7.03. The van der Waals surface area contributed by atoms with Gasteiger partial charge in [0.15, 0.2) is 0 Å². The van der Waals surface area contributed by atoms with Crippen molar-refractivity contribution < 1.29 is 4.42 Å². The van der Waals surface area contributed by atoms with E-state index in [4.69, 9.17) is 4.42 Å². The second-order valence-corrected chi connectivity index (χ2v) is 11.6. The van der Waals surface area contributed by atoms with Crippen molar-refractivity contribution in [3.8, 4) is 44.5 Å². The summed E-state index contributed by atoms with van der Waals surface area (Å²) in [5.74, 6) is 0. The van der Waals surface area contributed by atoms with Gasteiger partial charge in [0.25, 0.3) is 0 Å². The largest absolute Gasteiger partial charge is 0.455 e. The molecule has 9 rings (SSSR count). The maximum absolute atomic E-state index is 6.67. The van der Waals surface area contributed by atoms with E-state index < -0.39 is 0 Å². The van der Waals surface area contributed by atoms with E-state index in [1.165, 1.54) is 49.4 Å². The fraction of sp³-hybridized carbons (Fsp3) is 0. The Hall–Kier alpha value is -5.92. The highest BCUT2D eigenvalue weighted by Crippen LogP contribution is 2.45. The molecular formula is C44H28O. The van der Waals surface area contributed by atoms with Gasteiger partial charge >= 0.3 is 0 Å². The molecule has 0 radical (unpaired) electrons. The maximum Gasteiger partial charge on any atom is 0.143 e. The zero-order valence-electron chi connectivity index (χ0n) is 24.6. The molecule has 9 aromatic rings. The van der Waals surface area contributed by atoms with Gasteiger partial charge in [0.05, 0.1) is 0 Å². The van der Waals surface area contributed by atoms with Crippen LogP contribution in [0.1, 0.15) is 0 Å². The summed E-state index contributed by atoms with van der Waals surface area (Å²) in [5, 5.41) is 7.23. The van der Waals surface area contributed by atoms with E-state index in [0.717, 1.165) is 38.6 Å². The van der Waals surface area contributed by atoms with Crippen molar-refractivity contribution in [2.24, 2.45) is 0 Å². The number of para-hydroxylation sites is 1. The Morgan fingerprint density at radius 1 is 0.289 bits per heavy atom. The minimum Gasteiger partial charge on any atom is -0.455 e. The fourth-order valence-corrected chi connectivity index (χ4v) is 7.03. The number of fused-ring (bicyclic) bond motifs is 5. The molecule has 0 amide bonds. The lowest BCUT2D eigenvalue weighted by molar-refractivity contribution is 0.670. The average molecular weight is 573 g/mol. The minimum absolute atomic E-state index is 0.902. The van der Waals surface area contributed by atoms with Crippen LogP contribution in [0.5, 0.6) is 0 Å². The average Bonchev–Trinajstić information content (AvgIpc) is 3.49. The number of rotatable bonds is 4. The first-order chi connectivity index (χ1) is 22.3. The molecule has 1 nitrogen and oxygen atoms in total. The van der Waals surface area contributed by atoms with Crippen molar-refractivity contribution in [1.82, 2.24) is 0 Å². The van der Waals surface area contributed by atoms with Gasteiger partial charge < -0.3 is 4.42 Å². The zero-order valence-corrected chi connectivity index (χ0v) is 24.6. The molecular weight excluding hydrogens is 544 g/mol. The van der Waals surface area contributed by atoms with Crippen LogP contribution in [0.2, 0.25) is 0 Å². The van der Waals surface area contributed by atoms with Gasteiger partial charge in [-0.05, 0) is 78.7 Å². The van der Waals surface area contributed by atoms with Crippen molar-refractivity contribution in [2.45, 2.75) is 0 Å². The Bertz CT molecular complexity index is 2460. The number of furan rings is 1. The molecule has 0 aliphatic rings. The van der Waals surface area contributed by atoms with E-state index in [9.17, 15) is 0 Å². The standard InChI is InChI=1S/C44H28O/c1-3-13-29(14-4-1)31-17-11-18-32(27-31)42-36-19-7-9-21-38(36)43(39-22-10-8-20-37(39)42)33-25-26-35-40-24-12-23-34(30-15-5-2-6-16-30)44(40)45-41(35)28-33/h1-28H. The van der Waals surface area contributed by atoms with Crippen LogP contribution in [0.25, 0.3) is 88.0 Å². The van der Waals surface area contributed by atoms with Gasteiger partial charge in [0, 0.05) is 16.3 Å². The molecule has 1 heteroatoms. The molecule has 0 bridgehead atoms. The van der Waals surface area contributed by atoms with E-state index >= 15 is 0 Å². The highest BCUT2D eigenvalue weighted by atomic mass is 16.3. The second kappa shape index (κ2) is 10.4. The van der Waals surface area contributed by atoms with E-state index in [-0.39, 0.29) is 0 Å². The molecule has 1 heterocycles. The molecule has 210 valence electrons. The molecule has 0 aliphatic carbocycles. The summed E-state index contributed by atoms with van der Waals surface area (Å²) < 4.78 is 6.67. The topological polar surface area (TPSA) is 13.1 Å². The normalized spacial score (nSPS) is 11.6. The van der Waals surface area contributed by atoms with Crippen LogP contribution in [-0.4, -0.2) is 0 Å².